The zero-order valence-corrected chi connectivity index (χ0v) is 11.9. The molecule has 1 aliphatic heterocycles. The lowest BCUT2D eigenvalue weighted by atomic mass is 10.0. The Balaban J connectivity index is 1.71. The van der Waals surface area contributed by atoms with Gasteiger partial charge >= 0.3 is 0 Å². The highest BCUT2D eigenvalue weighted by Crippen LogP contribution is 2.15. The third-order valence-electron chi connectivity index (χ3n) is 3.49. The zero-order chi connectivity index (χ0) is 12.3. The molecule has 1 aromatic heterocycles. The van der Waals surface area contributed by atoms with Crippen LogP contribution < -0.4 is 5.32 Å². The minimum absolute atomic E-state index is 0.687. The fourth-order valence-electron chi connectivity index (χ4n) is 2.35. The summed E-state index contributed by atoms with van der Waals surface area (Å²) in [5.41, 5.74) is 0. The van der Waals surface area contributed by atoms with Crippen molar-refractivity contribution in [2.24, 2.45) is 0 Å². The topological polar surface area (TPSA) is 28.2 Å². The third-order valence-corrected chi connectivity index (χ3v) is 4.41. The summed E-state index contributed by atoms with van der Waals surface area (Å²) >= 11 is 1.80. The number of aryl methyl sites for hydroxylation is 1. The molecule has 0 bridgehead atoms. The molecule has 0 aromatic carbocycles. The lowest BCUT2D eigenvalue weighted by Gasteiger charge is -2.34. The van der Waals surface area contributed by atoms with E-state index >= 15 is 0 Å². The maximum Gasteiger partial charge on any atom is 0.0897 e. The van der Waals surface area contributed by atoms with E-state index in [1.165, 1.54) is 30.8 Å². The van der Waals surface area contributed by atoms with Crippen LogP contribution in [-0.2, 0) is 6.54 Å². The maximum absolute atomic E-state index is 4.29. The summed E-state index contributed by atoms with van der Waals surface area (Å²) in [7, 11) is 0. The molecule has 0 atom stereocenters. The Labute approximate surface area is 108 Å². The summed E-state index contributed by atoms with van der Waals surface area (Å²) in [6.45, 7) is 10.1. The molecule has 1 N–H and O–H groups in total. The average Bonchev–Trinajstić information content (AvgIpc) is 2.73. The van der Waals surface area contributed by atoms with E-state index in [2.05, 4.69) is 36.0 Å². The maximum atomic E-state index is 4.29. The first-order valence-electron chi connectivity index (χ1n) is 6.54. The van der Waals surface area contributed by atoms with E-state index in [1.54, 1.807) is 11.3 Å². The van der Waals surface area contributed by atoms with Gasteiger partial charge in [-0.05, 0) is 46.7 Å². The molecule has 3 nitrogen and oxygen atoms in total. The molecule has 0 amide bonds. The van der Waals surface area contributed by atoms with Crippen molar-refractivity contribution in [3.8, 4) is 0 Å². The quantitative estimate of drug-likeness (QED) is 0.893. The van der Waals surface area contributed by atoms with Gasteiger partial charge in [-0.25, -0.2) is 4.98 Å². The van der Waals surface area contributed by atoms with Crippen LogP contribution in [0.4, 0.5) is 0 Å². The molecular formula is C13H23N3S. The molecule has 0 saturated carbocycles. The fraction of sp³-hybridized carbons (Fsp3) is 0.769. The number of thiazole rings is 1. The van der Waals surface area contributed by atoms with Gasteiger partial charge in [0.2, 0.25) is 0 Å². The fourth-order valence-corrected chi connectivity index (χ4v) is 3.10. The lowest BCUT2D eigenvalue weighted by Crippen LogP contribution is -2.44. The van der Waals surface area contributed by atoms with Crippen molar-refractivity contribution in [1.29, 1.82) is 0 Å². The van der Waals surface area contributed by atoms with Crippen LogP contribution in [0.15, 0.2) is 6.20 Å². The SMILES string of the molecule is Cc1ncc(CNC2CCN(C(C)C)CC2)s1. The summed E-state index contributed by atoms with van der Waals surface area (Å²) in [6.07, 6.45) is 4.54. The van der Waals surface area contributed by atoms with Gasteiger partial charge in [-0.3, -0.25) is 0 Å². The Bertz CT molecular complexity index is 340. The summed E-state index contributed by atoms with van der Waals surface area (Å²) in [6, 6.07) is 1.38. The van der Waals surface area contributed by atoms with E-state index in [0.29, 0.717) is 12.1 Å². The number of nitrogens with zero attached hydrogens (tertiary/aromatic N) is 2. The molecule has 17 heavy (non-hydrogen) atoms. The highest BCUT2D eigenvalue weighted by Gasteiger charge is 2.20. The van der Waals surface area contributed by atoms with Gasteiger partial charge in [0.25, 0.3) is 0 Å². The smallest absolute Gasteiger partial charge is 0.0897 e. The number of hydrogen-bond acceptors (Lipinski definition) is 4. The molecule has 0 radical (unpaired) electrons. The van der Waals surface area contributed by atoms with E-state index in [-0.39, 0.29) is 0 Å². The lowest BCUT2D eigenvalue weighted by molar-refractivity contribution is 0.161. The second kappa shape index (κ2) is 5.94. The van der Waals surface area contributed by atoms with Gasteiger partial charge in [0.15, 0.2) is 0 Å². The highest BCUT2D eigenvalue weighted by atomic mass is 32.1. The number of hydrogen-bond donors (Lipinski definition) is 1. The Morgan fingerprint density at radius 1 is 1.47 bits per heavy atom. The van der Waals surface area contributed by atoms with Crippen LogP contribution in [0.2, 0.25) is 0 Å². The molecular weight excluding hydrogens is 230 g/mol. The Morgan fingerprint density at radius 3 is 2.71 bits per heavy atom. The number of piperidine rings is 1. The first-order chi connectivity index (χ1) is 8.15. The van der Waals surface area contributed by atoms with Gasteiger partial charge in [0.05, 0.1) is 5.01 Å². The predicted molar refractivity (Wildman–Crippen MR) is 73.4 cm³/mol. The molecule has 1 saturated heterocycles. The van der Waals surface area contributed by atoms with E-state index in [4.69, 9.17) is 0 Å². The van der Waals surface area contributed by atoms with Gasteiger partial charge in [0, 0.05) is 29.7 Å². The number of nitrogens with one attached hydrogen (secondary N) is 1. The zero-order valence-electron chi connectivity index (χ0n) is 11.1. The Morgan fingerprint density at radius 2 is 2.18 bits per heavy atom. The van der Waals surface area contributed by atoms with Gasteiger partial charge in [-0.15, -0.1) is 11.3 Å². The number of likely N-dealkylation sites (tertiary alicyclic amines) is 1. The van der Waals surface area contributed by atoms with E-state index < -0.39 is 0 Å². The largest absolute Gasteiger partial charge is 0.309 e. The van der Waals surface area contributed by atoms with Crippen molar-refractivity contribution >= 4 is 11.3 Å². The standard InChI is InChI=1S/C13H23N3S/c1-10(2)16-6-4-12(5-7-16)15-9-13-8-14-11(3)17-13/h8,10,12,15H,4-7,9H2,1-3H3. The molecule has 2 heterocycles. The van der Waals surface area contributed by atoms with Crippen LogP contribution in [0, 0.1) is 6.92 Å². The number of rotatable bonds is 4. The number of aromatic nitrogens is 1. The summed E-state index contributed by atoms with van der Waals surface area (Å²) in [4.78, 5) is 8.21. The normalized spacial score (nSPS) is 19.1. The van der Waals surface area contributed by atoms with Crippen molar-refractivity contribution in [2.45, 2.75) is 52.2 Å². The summed E-state index contributed by atoms with van der Waals surface area (Å²) < 4.78 is 0. The van der Waals surface area contributed by atoms with Gasteiger partial charge < -0.3 is 10.2 Å². The molecule has 4 heteroatoms. The van der Waals surface area contributed by atoms with Crippen LogP contribution in [-0.4, -0.2) is 35.1 Å². The van der Waals surface area contributed by atoms with Crippen LogP contribution in [0.3, 0.4) is 0 Å². The highest BCUT2D eigenvalue weighted by molar-refractivity contribution is 7.11. The molecule has 0 spiro atoms. The first-order valence-corrected chi connectivity index (χ1v) is 7.35. The van der Waals surface area contributed by atoms with Crippen LogP contribution >= 0.6 is 11.3 Å². The van der Waals surface area contributed by atoms with E-state index in [9.17, 15) is 0 Å². The van der Waals surface area contributed by atoms with Gasteiger partial charge in [0.1, 0.15) is 0 Å². The third kappa shape index (κ3) is 3.76. The molecule has 0 aliphatic carbocycles. The Kier molecular flexibility index (Phi) is 4.54. The van der Waals surface area contributed by atoms with Crippen LogP contribution in [0.5, 0.6) is 0 Å². The molecule has 0 unspecified atom stereocenters. The van der Waals surface area contributed by atoms with E-state index in [1.807, 2.05) is 6.20 Å². The summed E-state index contributed by atoms with van der Waals surface area (Å²) in [5, 5.41) is 4.82. The second-order valence-electron chi connectivity index (χ2n) is 5.13. The van der Waals surface area contributed by atoms with Crippen molar-refractivity contribution in [2.75, 3.05) is 13.1 Å². The Hall–Kier alpha value is -0.450. The second-order valence-corrected chi connectivity index (χ2v) is 6.45. The molecule has 1 aliphatic rings. The summed E-state index contributed by atoms with van der Waals surface area (Å²) in [5.74, 6) is 0. The molecule has 1 fully saturated rings. The molecule has 96 valence electrons. The van der Waals surface area contributed by atoms with E-state index in [0.717, 1.165) is 11.6 Å². The first kappa shape index (κ1) is 13.0. The molecule has 2 rings (SSSR count). The van der Waals surface area contributed by atoms with Crippen LogP contribution in [0.1, 0.15) is 36.6 Å². The van der Waals surface area contributed by atoms with Gasteiger partial charge in [-0.1, -0.05) is 0 Å². The van der Waals surface area contributed by atoms with Crippen molar-refractivity contribution in [3.63, 3.8) is 0 Å². The predicted octanol–water partition coefficient (Wildman–Crippen LogP) is 2.41. The monoisotopic (exact) mass is 253 g/mol. The van der Waals surface area contributed by atoms with Crippen molar-refractivity contribution in [3.05, 3.63) is 16.1 Å². The average molecular weight is 253 g/mol. The minimum atomic E-state index is 0.687. The molecule has 1 aromatic rings. The van der Waals surface area contributed by atoms with Gasteiger partial charge in [-0.2, -0.15) is 0 Å². The van der Waals surface area contributed by atoms with Crippen molar-refractivity contribution < 1.29 is 0 Å². The minimum Gasteiger partial charge on any atom is -0.309 e. The van der Waals surface area contributed by atoms with Crippen molar-refractivity contribution in [1.82, 2.24) is 15.2 Å². The van der Waals surface area contributed by atoms with Crippen LogP contribution in [0.25, 0.3) is 0 Å².